The Labute approximate surface area is 202 Å². The molecule has 2 aliphatic heterocycles. The lowest BCUT2D eigenvalue weighted by atomic mass is 9.95. The molecule has 0 unspecified atom stereocenters. The van der Waals surface area contributed by atoms with Gasteiger partial charge >= 0.3 is 12.2 Å². The first-order valence-corrected chi connectivity index (χ1v) is 11.3. The molecule has 3 amide bonds. The molecule has 2 aliphatic rings. The molecule has 0 radical (unpaired) electrons. The summed E-state index contributed by atoms with van der Waals surface area (Å²) >= 11 is 0. The van der Waals surface area contributed by atoms with E-state index in [0.717, 1.165) is 29.6 Å². The van der Waals surface area contributed by atoms with Crippen LogP contribution in [0.25, 0.3) is 0 Å². The van der Waals surface area contributed by atoms with E-state index in [2.05, 4.69) is 26.5 Å². The van der Waals surface area contributed by atoms with E-state index in [1.165, 1.54) is 17.0 Å². The smallest absolute Gasteiger partial charge is 0.399 e. The number of halogens is 3. The fourth-order valence-electron chi connectivity index (χ4n) is 4.44. The number of hydrogen-bond donors (Lipinski definition) is 2. The van der Waals surface area contributed by atoms with Crippen LogP contribution in [-0.4, -0.2) is 62.1 Å². The largest absolute Gasteiger partial charge is 0.416 e. The topological polar surface area (TPSA) is 78.7 Å². The molecule has 10 heteroatoms. The summed E-state index contributed by atoms with van der Waals surface area (Å²) in [7, 11) is 6.18. The lowest BCUT2D eigenvalue weighted by Crippen LogP contribution is -2.47. The lowest BCUT2D eigenvalue weighted by Gasteiger charge is -2.34. The Balaban J connectivity index is 1.74. The van der Waals surface area contributed by atoms with Crippen LogP contribution in [0.3, 0.4) is 0 Å². The van der Waals surface area contributed by atoms with Gasteiger partial charge in [0.25, 0.3) is 5.91 Å². The molecule has 0 aliphatic carbocycles. The van der Waals surface area contributed by atoms with Gasteiger partial charge in [0.2, 0.25) is 0 Å². The number of urea groups is 1. The van der Waals surface area contributed by atoms with Crippen molar-refractivity contribution in [3.8, 4) is 0 Å². The van der Waals surface area contributed by atoms with E-state index >= 15 is 0 Å². The highest BCUT2D eigenvalue weighted by Gasteiger charge is 2.45. The minimum absolute atomic E-state index is 0.0570. The van der Waals surface area contributed by atoms with Crippen molar-refractivity contribution in [1.82, 2.24) is 10.2 Å². The van der Waals surface area contributed by atoms with E-state index in [1.54, 1.807) is 29.2 Å². The third-order valence-corrected chi connectivity index (χ3v) is 6.16. The van der Waals surface area contributed by atoms with Crippen molar-refractivity contribution >= 4 is 23.3 Å². The van der Waals surface area contributed by atoms with Gasteiger partial charge < -0.3 is 20.4 Å². The van der Waals surface area contributed by atoms with E-state index in [0.29, 0.717) is 29.1 Å². The summed E-state index contributed by atoms with van der Waals surface area (Å²) in [6, 6.07) is 10.1. The molecule has 4 rings (SSSR count). The number of nitrogen functional groups attached to an aromatic ring is 1. The van der Waals surface area contributed by atoms with Crippen molar-refractivity contribution in [1.29, 1.82) is 0 Å². The number of hydrogen-bond acceptors (Lipinski definition) is 3. The van der Waals surface area contributed by atoms with Crippen LogP contribution in [0.4, 0.5) is 29.3 Å². The molecule has 0 fully saturated rings. The second-order valence-corrected chi connectivity index (χ2v) is 9.89. The van der Waals surface area contributed by atoms with Crippen molar-refractivity contribution in [2.75, 3.05) is 51.4 Å². The van der Waals surface area contributed by atoms with Crippen molar-refractivity contribution in [3.63, 3.8) is 0 Å². The minimum Gasteiger partial charge on any atom is -0.399 e. The standard InChI is InChI=1S/C25H28F3N5O2/c1-33(2,3)13-5-12-31-15-20-21(23(31)34)22(16-8-10-18(29)11-9-16)30-24(35)32(20)19-7-4-6-17(14-19)25(26,27)28/h4,6-11,14,22H,5,12-13,15,29H2,1-3H3/p+1/t22-/m1/s1. The van der Waals surface area contributed by atoms with Crippen LogP contribution in [0, 0.1) is 0 Å². The summed E-state index contributed by atoms with van der Waals surface area (Å²) in [5, 5.41) is 2.82. The Morgan fingerprint density at radius 2 is 1.77 bits per heavy atom. The average molecular weight is 489 g/mol. The normalized spacial score (nSPS) is 18.7. The fraction of sp³-hybridized carbons (Fsp3) is 0.360. The highest BCUT2D eigenvalue weighted by atomic mass is 19.4. The number of rotatable bonds is 6. The Bertz CT molecular complexity index is 1170. The highest BCUT2D eigenvalue weighted by Crippen LogP contribution is 2.40. The van der Waals surface area contributed by atoms with E-state index in [-0.39, 0.29) is 18.1 Å². The highest BCUT2D eigenvalue weighted by molar-refractivity contribution is 6.07. The summed E-state index contributed by atoms with van der Waals surface area (Å²) in [5.41, 5.74) is 6.95. The van der Waals surface area contributed by atoms with Gasteiger partial charge in [-0.2, -0.15) is 13.2 Å². The number of quaternary nitrogens is 1. The number of anilines is 2. The molecule has 7 nitrogen and oxygen atoms in total. The number of carbonyl (C=O) groups is 2. The van der Waals surface area contributed by atoms with Gasteiger partial charge in [-0.3, -0.25) is 9.69 Å². The Morgan fingerprint density at radius 3 is 2.40 bits per heavy atom. The second-order valence-electron chi connectivity index (χ2n) is 9.89. The SMILES string of the molecule is C[N+](C)(C)CCCN1CC2=C(C1=O)[C@@H](c1ccc(N)cc1)NC(=O)N2c1cccc(C(F)(F)F)c1. The van der Waals surface area contributed by atoms with Crippen LogP contribution < -0.4 is 16.0 Å². The maximum atomic E-state index is 13.5. The number of nitrogens with one attached hydrogen (secondary N) is 1. The molecule has 35 heavy (non-hydrogen) atoms. The molecule has 0 spiro atoms. The monoisotopic (exact) mass is 488 g/mol. The van der Waals surface area contributed by atoms with Crippen LogP contribution >= 0.6 is 0 Å². The third kappa shape index (κ3) is 5.12. The molecule has 2 aromatic rings. The Kier molecular flexibility index (Phi) is 6.27. The van der Waals surface area contributed by atoms with Crippen LogP contribution in [0.1, 0.15) is 23.6 Å². The zero-order valence-corrected chi connectivity index (χ0v) is 19.9. The van der Waals surface area contributed by atoms with Gasteiger partial charge in [0, 0.05) is 18.7 Å². The molecule has 1 atom stereocenters. The first-order chi connectivity index (χ1) is 16.3. The number of carbonyl (C=O) groups excluding carboxylic acids is 2. The maximum absolute atomic E-state index is 13.5. The molecule has 2 aromatic carbocycles. The van der Waals surface area contributed by atoms with Gasteiger partial charge in [0.1, 0.15) is 0 Å². The summed E-state index contributed by atoms with van der Waals surface area (Å²) in [4.78, 5) is 29.6. The summed E-state index contributed by atoms with van der Waals surface area (Å²) < 4.78 is 40.8. The number of benzene rings is 2. The molecule has 0 saturated heterocycles. The quantitative estimate of drug-likeness (QED) is 0.480. The van der Waals surface area contributed by atoms with Crippen molar-refractivity contribution in [2.24, 2.45) is 0 Å². The zero-order valence-electron chi connectivity index (χ0n) is 19.9. The van der Waals surface area contributed by atoms with E-state index < -0.39 is 23.8 Å². The van der Waals surface area contributed by atoms with Gasteiger partial charge in [-0.1, -0.05) is 18.2 Å². The number of alkyl halides is 3. The Morgan fingerprint density at radius 1 is 1.09 bits per heavy atom. The van der Waals surface area contributed by atoms with E-state index in [4.69, 9.17) is 5.73 Å². The first kappa shape index (κ1) is 24.6. The number of amides is 3. The third-order valence-electron chi connectivity index (χ3n) is 6.16. The fourth-order valence-corrected chi connectivity index (χ4v) is 4.44. The number of nitrogens with zero attached hydrogens (tertiary/aromatic N) is 3. The molecular weight excluding hydrogens is 459 g/mol. The van der Waals surface area contributed by atoms with Gasteiger partial charge in [-0.05, 0) is 35.9 Å². The van der Waals surface area contributed by atoms with Gasteiger partial charge in [0.15, 0.2) is 0 Å². The van der Waals surface area contributed by atoms with Crippen molar-refractivity contribution in [2.45, 2.75) is 18.6 Å². The van der Waals surface area contributed by atoms with Crippen molar-refractivity contribution in [3.05, 3.63) is 70.9 Å². The lowest BCUT2D eigenvalue weighted by molar-refractivity contribution is -0.870. The molecule has 186 valence electrons. The van der Waals surface area contributed by atoms with E-state index in [1.807, 2.05) is 0 Å². The van der Waals surface area contributed by atoms with Crippen LogP contribution in [0.15, 0.2) is 59.8 Å². The van der Waals surface area contributed by atoms with E-state index in [9.17, 15) is 22.8 Å². The zero-order chi connectivity index (χ0) is 25.5. The molecule has 3 N–H and O–H groups in total. The average Bonchev–Trinajstić information content (AvgIpc) is 3.08. The van der Waals surface area contributed by atoms with Crippen LogP contribution in [-0.2, 0) is 11.0 Å². The summed E-state index contributed by atoms with van der Waals surface area (Å²) in [6.45, 7) is 1.45. The van der Waals surface area contributed by atoms with Crippen molar-refractivity contribution < 1.29 is 27.2 Å². The summed E-state index contributed by atoms with van der Waals surface area (Å²) in [6.07, 6.45) is -3.82. The predicted octanol–water partition coefficient (Wildman–Crippen LogP) is 3.75. The van der Waals surface area contributed by atoms with Gasteiger partial charge in [-0.15, -0.1) is 0 Å². The maximum Gasteiger partial charge on any atom is 0.416 e. The predicted molar refractivity (Wildman–Crippen MR) is 127 cm³/mol. The molecule has 0 aromatic heterocycles. The van der Waals surface area contributed by atoms with Crippen LogP contribution in [0.5, 0.6) is 0 Å². The molecule has 0 bridgehead atoms. The minimum atomic E-state index is -4.56. The first-order valence-electron chi connectivity index (χ1n) is 11.3. The number of nitrogens with two attached hydrogens (primary N) is 1. The molecule has 0 saturated carbocycles. The van der Waals surface area contributed by atoms with Crippen LogP contribution in [0.2, 0.25) is 0 Å². The molecular formula is C25H29F3N5O2+. The van der Waals surface area contributed by atoms with Gasteiger partial charge in [0.05, 0.1) is 62.8 Å². The molecule has 2 heterocycles. The Hall–Kier alpha value is -3.53. The summed E-state index contributed by atoms with van der Waals surface area (Å²) in [5.74, 6) is -0.236. The second kappa shape index (κ2) is 8.92. The van der Waals surface area contributed by atoms with Gasteiger partial charge in [-0.25, -0.2) is 4.79 Å².